The van der Waals surface area contributed by atoms with E-state index in [9.17, 15) is 13.6 Å². The van der Waals surface area contributed by atoms with Crippen molar-refractivity contribution in [3.63, 3.8) is 0 Å². The van der Waals surface area contributed by atoms with Crippen LogP contribution in [0.3, 0.4) is 0 Å². The maximum atomic E-state index is 14.4. The van der Waals surface area contributed by atoms with Crippen molar-refractivity contribution in [1.82, 2.24) is 29.9 Å². The van der Waals surface area contributed by atoms with Gasteiger partial charge in [0.05, 0.1) is 18.8 Å². The number of nitrogens with two attached hydrogens (primary N) is 1. The number of nitrogen functional groups attached to an aromatic ring is 1. The molecule has 12 heteroatoms. The number of carbonyl (C=O) groups is 1. The lowest BCUT2D eigenvalue weighted by molar-refractivity contribution is -0.129. The quantitative estimate of drug-likeness (QED) is 0.551. The van der Waals surface area contributed by atoms with Crippen LogP contribution in [0.25, 0.3) is 11.3 Å². The van der Waals surface area contributed by atoms with E-state index in [1.807, 2.05) is 4.90 Å². The molecule has 1 aromatic carbocycles. The van der Waals surface area contributed by atoms with Crippen LogP contribution >= 0.6 is 0 Å². The normalized spacial score (nSPS) is 18.0. The molecule has 0 bridgehead atoms. The van der Waals surface area contributed by atoms with Crippen molar-refractivity contribution in [2.75, 3.05) is 36.9 Å². The molecule has 5 heterocycles. The predicted octanol–water partition coefficient (Wildman–Crippen LogP) is 3.60. The lowest BCUT2D eigenvalue weighted by Crippen LogP contribution is -2.36. The largest absolute Gasteiger partial charge is 0.381 e. The molecule has 2 N–H and O–H groups in total. The molecule has 0 atom stereocenters. The molecule has 3 aromatic rings. The number of carbonyl (C=O) groups excluding carboxylic acids is 1. The molecule has 200 valence electrons. The van der Waals surface area contributed by atoms with Crippen LogP contribution < -0.4 is 10.6 Å². The SMILES string of the molecule is CC(=O)N1CCc2c(c(N3CCCc4cc(-c5cnc(N)nn5)c(C(F)F)cc43)nn2C2CCOCC2)C1. The number of alkyl halides is 2. The number of benzene rings is 1. The molecule has 0 saturated carbocycles. The molecule has 6 rings (SSSR count). The molecule has 1 saturated heterocycles. The monoisotopic (exact) mass is 524 g/mol. The zero-order chi connectivity index (χ0) is 26.4. The second-order valence-electron chi connectivity index (χ2n) is 10.1. The van der Waals surface area contributed by atoms with E-state index < -0.39 is 6.43 Å². The molecular formula is C26H30F2N8O2. The molecular weight excluding hydrogens is 494 g/mol. The Morgan fingerprint density at radius 1 is 1.16 bits per heavy atom. The third-order valence-corrected chi connectivity index (χ3v) is 7.76. The summed E-state index contributed by atoms with van der Waals surface area (Å²) in [6, 6.07) is 3.54. The third-order valence-electron chi connectivity index (χ3n) is 7.76. The van der Waals surface area contributed by atoms with Gasteiger partial charge in [0.15, 0.2) is 5.82 Å². The zero-order valence-corrected chi connectivity index (χ0v) is 21.2. The Morgan fingerprint density at radius 3 is 2.68 bits per heavy atom. The summed E-state index contributed by atoms with van der Waals surface area (Å²) in [6.07, 6.45) is 2.68. The van der Waals surface area contributed by atoms with Crippen molar-refractivity contribution in [3.05, 3.63) is 40.7 Å². The fourth-order valence-electron chi connectivity index (χ4n) is 5.82. The molecule has 3 aliphatic heterocycles. The van der Waals surface area contributed by atoms with Gasteiger partial charge in [0.25, 0.3) is 6.43 Å². The summed E-state index contributed by atoms with van der Waals surface area (Å²) in [5, 5.41) is 12.9. The molecule has 38 heavy (non-hydrogen) atoms. The van der Waals surface area contributed by atoms with Crippen molar-refractivity contribution in [2.45, 2.75) is 58.0 Å². The third kappa shape index (κ3) is 4.36. The second kappa shape index (κ2) is 9.90. The number of hydrogen-bond acceptors (Lipinski definition) is 8. The standard InChI is InChI=1S/C26H30F2N8O2/c1-15(37)34-8-4-22-20(14-34)25(33-36(22)17-5-9-38-10-6-17)35-7-2-3-16-11-18(19(24(27)28)12-23(16)35)21-13-30-26(29)32-31-21/h11-13,17,24H,2-10,14H2,1H3,(H2,29,30,32). The summed E-state index contributed by atoms with van der Waals surface area (Å²) in [5.41, 5.74) is 9.76. The summed E-state index contributed by atoms with van der Waals surface area (Å²) < 4.78 is 36.4. The molecule has 0 radical (unpaired) electrons. The van der Waals surface area contributed by atoms with Gasteiger partial charge in [0, 0.05) is 67.7 Å². The number of nitrogens with zero attached hydrogens (tertiary/aromatic N) is 7. The molecule has 0 aliphatic carbocycles. The summed E-state index contributed by atoms with van der Waals surface area (Å²) in [5.74, 6) is 0.753. The van der Waals surface area contributed by atoms with E-state index in [2.05, 4.69) is 24.8 Å². The van der Waals surface area contributed by atoms with Crippen molar-refractivity contribution in [3.8, 4) is 11.3 Å². The van der Waals surface area contributed by atoms with Gasteiger partial charge in [-0.05, 0) is 43.4 Å². The van der Waals surface area contributed by atoms with Crippen molar-refractivity contribution in [2.24, 2.45) is 0 Å². The van der Waals surface area contributed by atoms with Crippen LogP contribution in [0.4, 0.5) is 26.2 Å². The van der Waals surface area contributed by atoms with E-state index in [0.717, 1.165) is 48.3 Å². The number of anilines is 3. The second-order valence-corrected chi connectivity index (χ2v) is 10.1. The minimum absolute atomic E-state index is 0.0130. The lowest BCUT2D eigenvalue weighted by atomic mass is 9.93. The smallest absolute Gasteiger partial charge is 0.264 e. The molecule has 0 spiro atoms. The van der Waals surface area contributed by atoms with Gasteiger partial charge in [0.2, 0.25) is 11.9 Å². The Hall–Kier alpha value is -3.67. The van der Waals surface area contributed by atoms with E-state index in [1.165, 1.54) is 6.20 Å². The molecule has 1 fully saturated rings. The van der Waals surface area contributed by atoms with Gasteiger partial charge in [0.1, 0.15) is 5.69 Å². The Balaban J connectivity index is 1.47. The van der Waals surface area contributed by atoms with E-state index >= 15 is 0 Å². The van der Waals surface area contributed by atoms with Crippen LogP contribution in [0.5, 0.6) is 0 Å². The van der Waals surface area contributed by atoms with Crippen LogP contribution in [-0.2, 0) is 28.9 Å². The Kier molecular flexibility index (Phi) is 6.42. The van der Waals surface area contributed by atoms with E-state index in [-0.39, 0.29) is 29.2 Å². The van der Waals surface area contributed by atoms with Crippen LogP contribution in [0.2, 0.25) is 0 Å². The number of ether oxygens (including phenoxy) is 1. The van der Waals surface area contributed by atoms with Gasteiger partial charge in [-0.15, -0.1) is 10.2 Å². The van der Waals surface area contributed by atoms with Gasteiger partial charge in [-0.25, -0.2) is 13.8 Å². The number of halogens is 2. The fourth-order valence-corrected chi connectivity index (χ4v) is 5.82. The first kappa shape index (κ1) is 24.7. The Morgan fingerprint density at radius 2 is 1.97 bits per heavy atom. The summed E-state index contributed by atoms with van der Waals surface area (Å²) >= 11 is 0. The molecule has 10 nitrogen and oxygen atoms in total. The number of aryl methyl sites for hydroxylation is 1. The average molecular weight is 525 g/mol. The first-order valence-electron chi connectivity index (χ1n) is 13.0. The van der Waals surface area contributed by atoms with Crippen molar-refractivity contribution in [1.29, 1.82) is 0 Å². The summed E-state index contributed by atoms with van der Waals surface area (Å²) in [4.78, 5) is 20.1. The summed E-state index contributed by atoms with van der Waals surface area (Å²) in [7, 11) is 0. The predicted molar refractivity (Wildman–Crippen MR) is 136 cm³/mol. The molecule has 1 amide bonds. The average Bonchev–Trinajstić information content (AvgIpc) is 3.31. The highest BCUT2D eigenvalue weighted by atomic mass is 19.3. The minimum Gasteiger partial charge on any atom is -0.381 e. The van der Waals surface area contributed by atoms with E-state index in [0.29, 0.717) is 50.5 Å². The van der Waals surface area contributed by atoms with Crippen LogP contribution in [0.15, 0.2) is 18.3 Å². The highest BCUT2D eigenvalue weighted by Crippen LogP contribution is 2.43. The zero-order valence-electron chi connectivity index (χ0n) is 21.2. The minimum atomic E-state index is -2.72. The van der Waals surface area contributed by atoms with Gasteiger partial charge in [-0.1, -0.05) is 0 Å². The Bertz CT molecular complexity index is 1350. The van der Waals surface area contributed by atoms with E-state index in [1.54, 1.807) is 19.1 Å². The maximum Gasteiger partial charge on any atom is 0.264 e. The highest BCUT2D eigenvalue weighted by Gasteiger charge is 2.34. The van der Waals surface area contributed by atoms with Crippen molar-refractivity contribution < 1.29 is 18.3 Å². The fraction of sp³-hybridized carbons (Fsp3) is 0.500. The van der Waals surface area contributed by atoms with Crippen LogP contribution in [0.1, 0.15) is 61.0 Å². The number of fused-ring (bicyclic) bond motifs is 2. The number of rotatable bonds is 4. The number of aromatic nitrogens is 5. The highest BCUT2D eigenvalue weighted by molar-refractivity contribution is 5.77. The number of hydrogen-bond donors (Lipinski definition) is 1. The summed E-state index contributed by atoms with van der Waals surface area (Å²) in [6.45, 7) is 4.70. The van der Waals surface area contributed by atoms with Crippen molar-refractivity contribution >= 4 is 23.4 Å². The lowest BCUT2D eigenvalue weighted by Gasteiger charge is -2.33. The van der Waals surface area contributed by atoms with Gasteiger partial charge < -0.3 is 20.3 Å². The Labute approximate surface area is 218 Å². The van der Waals surface area contributed by atoms with Gasteiger partial charge in [-0.3, -0.25) is 9.48 Å². The van der Waals surface area contributed by atoms with E-state index in [4.69, 9.17) is 15.6 Å². The first-order valence-corrected chi connectivity index (χ1v) is 13.0. The molecule has 0 unspecified atom stereocenters. The molecule has 3 aliphatic rings. The molecule has 2 aromatic heterocycles. The maximum absolute atomic E-state index is 14.4. The van der Waals surface area contributed by atoms with Crippen LogP contribution in [-0.4, -0.2) is 62.1 Å². The van der Waals surface area contributed by atoms with Gasteiger partial charge in [-0.2, -0.15) is 5.10 Å². The first-order chi connectivity index (χ1) is 18.4. The number of amides is 1. The van der Waals surface area contributed by atoms with Gasteiger partial charge >= 0.3 is 0 Å². The van der Waals surface area contributed by atoms with Crippen LogP contribution in [0, 0.1) is 0 Å². The topological polar surface area (TPSA) is 115 Å².